The zero-order chi connectivity index (χ0) is 22.7. The fourth-order valence-electron chi connectivity index (χ4n) is 3.10. The quantitative estimate of drug-likeness (QED) is 0.352. The first-order chi connectivity index (χ1) is 15.3. The van der Waals surface area contributed by atoms with Gasteiger partial charge in [0, 0.05) is 29.2 Å². The predicted octanol–water partition coefficient (Wildman–Crippen LogP) is 4.64. The number of nitrogens with zero attached hydrogens (tertiary/aromatic N) is 1. The van der Waals surface area contributed by atoms with Crippen LogP contribution in [0.4, 0.5) is 5.69 Å². The van der Waals surface area contributed by atoms with Gasteiger partial charge >= 0.3 is 0 Å². The van der Waals surface area contributed by atoms with Crippen LogP contribution in [0.25, 0.3) is 11.0 Å². The fraction of sp³-hybridized carbons (Fsp3) is 0.0909. The van der Waals surface area contributed by atoms with Gasteiger partial charge in [-0.1, -0.05) is 35.3 Å². The molecule has 0 radical (unpaired) electrons. The van der Waals surface area contributed by atoms with Crippen LogP contribution >= 0.6 is 23.2 Å². The summed E-state index contributed by atoms with van der Waals surface area (Å²) in [5.74, 6) is 0.518. The van der Waals surface area contributed by atoms with E-state index in [2.05, 4.69) is 20.0 Å². The largest absolute Gasteiger partial charge is 0.352 e. The van der Waals surface area contributed by atoms with Crippen LogP contribution in [0.1, 0.15) is 16.2 Å². The van der Waals surface area contributed by atoms with Crippen molar-refractivity contribution in [3.05, 3.63) is 88.2 Å². The standard InChI is InChI=1S/C22H18Cl2N4O3S/c23-15-7-10-17(24)20(13-15)32(30,31)28-16-8-5-14(6-9-16)22(29)25-12-11-21-26-18-3-1-2-4-19(18)27-21/h1-10,13,28H,11-12H2,(H,25,29)(H,26,27). The van der Waals surface area contributed by atoms with E-state index in [1.54, 1.807) is 0 Å². The zero-order valence-corrected chi connectivity index (χ0v) is 18.9. The summed E-state index contributed by atoms with van der Waals surface area (Å²) in [6.07, 6.45) is 0.554. The molecule has 0 unspecified atom stereocenters. The van der Waals surface area contributed by atoms with E-state index in [9.17, 15) is 13.2 Å². The first-order valence-electron chi connectivity index (χ1n) is 9.61. The molecule has 164 valence electrons. The highest BCUT2D eigenvalue weighted by atomic mass is 35.5. The van der Waals surface area contributed by atoms with Gasteiger partial charge in [0.25, 0.3) is 15.9 Å². The maximum Gasteiger partial charge on any atom is 0.263 e. The lowest BCUT2D eigenvalue weighted by atomic mass is 10.2. The molecule has 0 bridgehead atoms. The number of hydrogen-bond donors (Lipinski definition) is 3. The highest BCUT2D eigenvalue weighted by molar-refractivity contribution is 7.92. The average Bonchev–Trinajstić information content (AvgIpc) is 3.18. The number of imidazole rings is 1. The number of benzene rings is 3. The molecular formula is C22H18Cl2N4O3S. The molecule has 0 aliphatic carbocycles. The molecule has 1 amide bonds. The van der Waals surface area contributed by atoms with E-state index in [1.807, 2.05) is 24.3 Å². The summed E-state index contributed by atoms with van der Waals surface area (Å²) in [5.41, 5.74) is 2.52. The van der Waals surface area contributed by atoms with E-state index in [-0.39, 0.29) is 20.8 Å². The monoisotopic (exact) mass is 488 g/mol. The first-order valence-corrected chi connectivity index (χ1v) is 11.9. The van der Waals surface area contributed by atoms with Gasteiger partial charge in [-0.05, 0) is 54.6 Å². The molecule has 3 aromatic carbocycles. The molecule has 4 rings (SSSR count). The van der Waals surface area contributed by atoms with E-state index >= 15 is 0 Å². The van der Waals surface area contributed by atoms with E-state index in [0.717, 1.165) is 16.9 Å². The number of para-hydroxylation sites is 2. The number of fused-ring (bicyclic) bond motifs is 1. The van der Waals surface area contributed by atoms with Crippen molar-refractivity contribution in [3.8, 4) is 0 Å². The Morgan fingerprint density at radius 3 is 2.50 bits per heavy atom. The lowest BCUT2D eigenvalue weighted by Crippen LogP contribution is -2.26. The molecular weight excluding hydrogens is 471 g/mol. The molecule has 0 atom stereocenters. The van der Waals surface area contributed by atoms with Gasteiger partial charge in [-0.15, -0.1) is 0 Å². The van der Waals surface area contributed by atoms with Gasteiger partial charge in [0.2, 0.25) is 0 Å². The number of anilines is 1. The van der Waals surface area contributed by atoms with Crippen molar-refractivity contribution in [3.63, 3.8) is 0 Å². The minimum atomic E-state index is -3.93. The van der Waals surface area contributed by atoms with Crippen molar-refractivity contribution < 1.29 is 13.2 Å². The summed E-state index contributed by atoms with van der Waals surface area (Å²) >= 11 is 11.9. The number of hydrogen-bond acceptors (Lipinski definition) is 4. The average molecular weight is 489 g/mol. The molecule has 0 aliphatic rings. The van der Waals surface area contributed by atoms with Gasteiger partial charge in [0.05, 0.1) is 16.1 Å². The third kappa shape index (κ3) is 5.04. The smallest absolute Gasteiger partial charge is 0.263 e. The Hall–Kier alpha value is -3.07. The Bertz CT molecular complexity index is 1350. The minimum Gasteiger partial charge on any atom is -0.352 e. The number of carbonyl (C=O) groups is 1. The van der Waals surface area contributed by atoms with E-state index < -0.39 is 10.0 Å². The number of aromatic nitrogens is 2. The van der Waals surface area contributed by atoms with Crippen LogP contribution in [0.15, 0.2) is 71.6 Å². The van der Waals surface area contributed by atoms with E-state index in [4.69, 9.17) is 23.2 Å². The third-order valence-corrected chi connectivity index (χ3v) is 6.77. The second-order valence-corrected chi connectivity index (χ2v) is 9.46. The highest BCUT2D eigenvalue weighted by Gasteiger charge is 2.19. The van der Waals surface area contributed by atoms with Gasteiger partial charge in [-0.3, -0.25) is 9.52 Å². The molecule has 0 saturated heterocycles. The van der Waals surface area contributed by atoms with Crippen LogP contribution in [0.2, 0.25) is 10.0 Å². The summed E-state index contributed by atoms with van der Waals surface area (Å²) in [6, 6.07) is 18.0. The molecule has 7 nitrogen and oxygen atoms in total. The number of carbonyl (C=O) groups excluding carboxylic acids is 1. The van der Waals surface area contributed by atoms with Crippen molar-refractivity contribution >= 4 is 55.9 Å². The third-order valence-electron chi connectivity index (χ3n) is 4.67. The number of halogens is 2. The molecule has 3 N–H and O–H groups in total. The Kier molecular flexibility index (Phi) is 6.36. The maximum absolute atomic E-state index is 12.6. The van der Waals surface area contributed by atoms with E-state index in [1.165, 1.54) is 42.5 Å². The van der Waals surface area contributed by atoms with Crippen LogP contribution in [-0.2, 0) is 16.4 Å². The summed E-state index contributed by atoms with van der Waals surface area (Å²) in [6.45, 7) is 0.403. The Morgan fingerprint density at radius 1 is 1.00 bits per heavy atom. The lowest BCUT2D eigenvalue weighted by molar-refractivity contribution is 0.0954. The van der Waals surface area contributed by atoms with Crippen molar-refractivity contribution in [2.45, 2.75) is 11.3 Å². The highest BCUT2D eigenvalue weighted by Crippen LogP contribution is 2.27. The SMILES string of the molecule is O=C(NCCc1nc2ccccc2[nH]1)c1ccc(NS(=O)(=O)c2cc(Cl)ccc2Cl)cc1. The number of amides is 1. The molecule has 4 aromatic rings. The normalized spacial score (nSPS) is 11.4. The van der Waals surface area contributed by atoms with Crippen molar-refractivity contribution in [1.29, 1.82) is 0 Å². The molecule has 1 aromatic heterocycles. The molecule has 0 saturated carbocycles. The zero-order valence-electron chi connectivity index (χ0n) is 16.6. The molecule has 0 fully saturated rings. The van der Waals surface area contributed by atoms with Crippen LogP contribution in [0.5, 0.6) is 0 Å². The first kappa shape index (κ1) is 22.1. The van der Waals surface area contributed by atoms with Crippen molar-refractivity contribution in [2.24, 2.45) is 0 Å². The van der Waals surface area contributed by atoms with Crippen molar-refractivity contribution in [2.75, 3.05) is 11.3 Å². The van der Waals surface area contributed by atoms with Gasteiger partial charge in [0.1, 0.15) is 10.7 Å². The number of H-pyrrole nitrogens is 1. The predicted molar refractivity (Wildman–Crippen MR) is 126 cm³/mol. The fourth-order valence-corrected chi connectivity index (χ4v) is 4.93. The maximum atomic E-state index is 12.6. The molecule has 32 heavy (non-hydrogen) atoms. The number of aromatic amines is 1. The number of nitrogens with one attached hydrogen (secondary N) is 3. The summed E-state index contributed by atoms with van der Waals surface area (Å²) in [7, 11) is -3.93. The van der Waals surface area contributed by atoms with Gasteiger partial charge in [-0.2, -0.15) is 0 Å². The molecule has 1 heterocycles. The molecule has 10 heteroatoms. The second kappa shape index (κ2) is 9.20. The summed E-state index contributed by atoms with van der Waals surface area (Å²) in [4.78, 5) is 20.0. The van der Waals surface area contributed by atoms with Crippen LogP contribution in [0, 0.1) is 0 Å². The van der Waals surface area contributed by atoms with Crippen LogP contribution in [-0.4, -0.2) is 30.8 Å². The topological polar surface area (TPSA) is 104 Å². The van der Waals surface area contributed by atoms with Gasteiger partial charge < -0.3 is 10.3 Å². The summed E-state index contributed by atoms with van der Waals surface area (Å²) in [5, 5.41) is 3.14. The number of rotatable bonds is 7. The van der Waals surface area contributed by atoms with Crippen LogP contribution in [0.3, 0.4) is 0 Å². The van der Waals surface area contributed by atoms with Crippen LogP contribution < -0.4 is 10.0 Å². The molecule has 0 aliphatic heterocycles. The summed E-state index contributed by atoms with van der Waals surface area (Å²) < 4.78 is 27.6. The lowest BCUT2D eigenvalue weighted by Gasteiger charge is -2.10. The second-order valence-electron chi connectivity index (χ2n) is 6.96. The Morgan fingerprint density at radius 2 is 1.75 bits per heavy atom. The Labute approximate surface area is 194 Å². The molecule has 0 spiro atoms. The number of sulfonamides is 1. The van der Waals surface area contributed by atoms with Gasteiger partial charge in [0.15, 0.2) is 0 Å². The van der Waals surface area contributed by atoms with Crippen molar-refractivity contribution in [1.82, 2.24) is 15.3 Å². The Balaban J connectivity index is 1.36. The van der Waals surface area contributed by atoms with Gasteiger partial charge in [-0.25, -0.2) is 13.4 Å². The van der Waals surface area contributed by atoms with E-state index in [0.29, 0.717) is 24.2 Å². The minimum absolute atomic E-state index is 0.0577.